The fourth-order valence-corrected chi connectivity index (χ4v) is 1.22. The van der Waals surface area contributed by atoms with Gasteiger partial charge < -0.3 is 9.63 Å². The lowest BCUT2D eigenvalue weighted by atomic mass is 10.3. The molecule has 7 nitrogen and oxygen atoms in total. The van der Waals surface area contributed by atoms with E-state index in [9.17, 15) is 4.79 Å². The number of aryl methyl sites for hydroxylation is 2. The van der Waals surface area contributed by atoms with Crippen LogP contribution in [0.2, 0.25) is 0 Å². The van der Waals surface area contributed by atoms with Crippen LogP contribution in [0, 0.1) is 0 Å². The average molecular weight is 222 g/mol. The van der Waals surface area contributed by atoms with E-state index in [0.717, 1.165) is 5.56 Å². The molecule has 0 amide bonds. The van der Waals surface area contributed by atoms with E-state index in [-0.39, 0.29) is 12.8 Å². The van der Waals surface area contributed by atoms with Gasteiger partial charge in [0.15, 0.2) is 0 Å². The standard InChI is InChI=1S/C9H10N4O3/c1-13-5-6(4-10-13)9-11-7(16-12-9)2-3-8(14)15/h4-5H,2-3H2,1H3,(H,14,15). The molecule has 0 saturated carbocycles. The second-order valence-electron chi connectivity index (χ2n) is 3.31. The summed E-state index contributed by atoms with van der Waals surface area (Å²) in [7, 11) is 1.79. The van der Waals surface area contributed by atoms with E-state index in [1.54, 1.807) is 24.1 Å². The molecule has 0 saturated heterocycles. The van der Waals surface area contributed by atoms with Crippen molar-refractivity contribution in [2.24, 2.45) is 7.05 Å². The lowest BCUT2D eigenvalue weighted by Crippen LogP contribution is -1.97. The van der Waals surface area contributed by atoms with Gasteiger partial charge in [-0.05, 0) is 0 Å². The smallest absolute Gasteiger partial charge is 0.303 e. The number of hydrogen-bond acceptors (Lipinski definition) is 5. The summed E-state index contributed by atoms with van der Waals surface area (Å²) in [5.41, 5.74) is 0.743. The monoisotopic (exact) mass is 222 g/mol. The number of hydrogen-bond donors (Lipinski definition) is 1. The molecule has 0 aromatic carbocycles. The number of carboxylic acid groups (broad SMARTS) is 1. The average Bonchev–Trinajstić information content (AvgIpc) is 2.83. The van der Waals surface area contributed by atoms with Gasteiger partial charge in [-0.3, -0.25) is 9.48 Å². The zero-order valence-corrected chi connectivity index (χ0v) is 8.62. The minimum Gasteiger partial charge on any atom is -0.481 e. The van der Waals surface area contributed by atoms with Gasteiger partial charge in [-0.2, -0.15) is 10.1 Å². The lowest BCUT2D eigenvalue weighted by molar-refractivity contribution is -0.137. The van der Waals surface area contributed by atoms with E-state index in [1.807, 2.05) is 0 Å². The molecule has 0 unspecified atom stereocenters. The van der Waals surface area contributed by atoms with Gasteiger partial charge in [0, 0.05) is 19.7 Å². The maximum absolute atomic E-state index is 10.3. The topological polar surface area (TPSA) is 94.0 Å². The van der Waals surface area contributed by atoms with Gasteiger partial charge in [-0.15, -0.1) is 0 Å². The van der Waals surface area contributed by atoms with E-state index >= 15 is 0 Å². The molecule has 2 rings (SSSR count). The van der Waals surface area contributed by atoms with Crippen LogP contribution in [0.15, 0.2) is 16.9 Å². The molecule has 0 aliphatic rings. The summed E-state index contributed by atoms with van der Waals surface area (Å²) in [5.74, 6) is -0.143. The summed E-state index contributed by atoms with van der Waals surface area (Å²) in [6, 6.07) is 0. The highest BCUT2D eigenvalue weighted by Gasteiger charge is 2.10. The van der Waals surface area contributed by atoms with Crippen molar-refractivity contribution in [1.82, 2.24) is 19.9 Å². The number of aromatic nitrogens is 4. The third kappa shape index (κ3) is 2.25. The number of carboxylic acids is 1. The van der Waals surface area contributed by atoms with Crippen LogP contribution in [0.4, 0.5) is 0 Å². The highest BCUT2D eigenvalue weighted by Crippen LogP contribution is 2.14. The fraction of sp³-hybridized carbons (Fsp3) is 0.333. The van der Waals surface area contributed by atoms with Crippen LogP contribution in [0.3, 0.4) is 0 Å². The van der Waals surface area contributed by atoms with Crippen LogP contribution >= 0.6 is 0 Å². The Morgan fingerprint density at radius 3 is 3.06 bits per heavy atom. The van der Waals surface area contributed by atoms with Crippen molar-refractivity contribution in [2.45, 2.75) is 12.8 Å². The minimum absolute atomic E-state index is 0.0192. The Balaban J connectivity index is 2.10. The molecule has 0 atom stereocenters. The molecule has 0 aliphatic carbocycles. The Bertz CT molecular complexity index is 502. The molecule has 84 valence electrons. The van der Waals surface area contributed by atoms with Crippen LogP contribution in [-0.4, -0.2) is 31.0 Å². The molecule has 2 heterocycles. The van der Waals surface area contributed by atoms with Gasteiger partial charge in [-0.25, -0.2) is 0 Å². The molecule has 2 aromatic rings. The van der Waals surface area contributed by atoms with Crippen molar-refractivity contribution < 1.29 is 14.4 Å². The van der Waals surface area contributed by atoms with Gasteiger partial charge in [0.1, 0.15) is 0 Å². The number of carbonyl (C=O) groups is 1. The van der Waals surface area contributed by atoms with Gasteiger partial charge >= 0.3 is 5.97 Å². The summed E-state index contributed by atoms with van der Waals surface area (Å²) in [4.78, 5) is 14.4. The van der Waals surface area contributed by atoms with Gasteiger partial charge in [0.25, 0.3) is 0 Å². The van der Waals surface area contributed by atoms with Gasteiger partial charge in [0.05, 0.1) is 18.2 Å². The minimum atomic E-state index is -0.888. The summed E-state index contributed by atoms with van der Waals surface area (Å²) in [6.45, 7) is 0. The molecule has 0 radical (unpaired) electrons. The third-order valence-corrected chi connectivity index (χ3v) is 1.98. The zero-order chi connectivity index (χ0) is 11.5. The van der Waals surface area contributed by atoms with E-state index in [4.69, 9.17) is 9.63 Å². The molecule has 0 fully saturated rings. The highest BCUT2D eigenvalue weighted by molar-refractivity contribution is 5.66. The zero-order valence-electron chi connectivity index (χ0n) is 8.62. The third-order valence-electron chi connectivity index (χ3n) is 1.98. The summed E-state index contributed by atoms with van der Waals surface area (Å²) in [6.07, 6.45) is 3.59. The number of rotatable bonds is 4. The Labute approximate surface area is 90.7 Å². The summed E-state index contributed by atoms with van der Waals surface area (Å²) < 4.78 is 6.54. The number of aliphatic carboxylic acids is 1. The van der Waals surface area contributed by atoms with Gasteiger partial charge in [0.2, 0.25) is 11.7 Å². The van der Waals surface area contributed by atoms with Crippen molar-refractivity contribution in [3.8, 4) is 11.4 Å². The largest absolute Gasteiger partial charge is 0.481 e. The van der Waals surface area contributed by atoms with Crippen molar-refractivity contribution in [1.29, 1.82) is 0 Å². The molecule has 1 N–H and O–H groups in total. The van der Waals surface area contributed by atoms with Crippen LogP contribution in [0.25, 0.3) is 11.4 Å². The Morgan fingerprint density at radius 1 is 1.62 bits per heavy atom. The summed E-state index contributed by atoms with van der Waals surface area (Å²) >= 11 is 0. The van der Waals surface area contributed by atoms with Crippen LogP contribution in [0.5, 0.6) is 0 Å². The second-order valence-corrected chi connectivity index (χ2v) is 3.31. The molecule has 0 bridgehead atoms. The van der Waals surface area contributed by atoms with E-state index in [1.165, 1.54) is 0 Å². The first-order chi connectivity index (χ1) is 7.65. The van der Waals surface area contributed by atoms with Crippen LogP contribution in [0.1, 0.15) is 12.3 Å². The number of nitrogens with zero attached hydrogens (tertiary/aromatic N) is 4. The van der Waals surface area contributed by atoms with Gasteiger partial charge in [-0.1, -0.05) is 5.16 Å². The quantitative estimate of drug-likeness (QED) is 0.808. The van der Waals surface area contributed by atoms with E-state index < -0.39 is 5.97 Å². The van der Waals surface area contributed by atoms with Crippen molar-refractivity contribution in [3.63, 3.8) is 0 Å². The molecule has 7 heteroatoms. The fourth-order valence-electron chi connectivity index (χ4n) is 1.22. The molecular weight excluding hydrogens is 212 g/mol. The normalized spacial score (nSPS) is 10.6. The predicted octanol–water partition coefficient (Wildman–Crippen LogP) is 0.487. The van der Waals surface area contributed by atoms with Crippen molar-refractivity contribution >= 4 is 5.97 Å². The first-order valence-electron chi connectivity index (χ1n) is 4.68. The first-order valence-corrected chi connectivity index (χ1v) is 4.68. The molecular formula is C9H10N4O3. The van der Waals surface area contributed by atoms with E-state index in [2.05, 4.69) is 15.2 Å². The molecule has 2 aromatic heterocycles. The Kier molecular flexibility index (Phi) is 2.67. The van der Waals surface area contributed by atoms with E-state index in [0.29, 0.717) is 11.7 Å². The molecule has 0 aliphatic heterocycles. The summed E-state index contributed by atoms with van der Waals surface area (Å²) in [5, 5.41) is 16.2. The SMILES string of the molecule is Cn1cc(-c2noc(CCC(=O)O)n2)cn1. The van der Waals surface area contributed by atoms with Crippen LogP contribution in [-0.2, 0) is 18.3 Å². The van der Waals surface area contributed by atoms with Crippen molar-refractivity contribution in [2.75, 3.05) is 0 Å². The lowest BCUT2D eigenvalue weighted by Gasteiger charge is -1.87. The van der Waals surface area contributed by atoms with Crippen LogP contribution < -0.4 is 0 Å². The predicted molar refractivity (Wildman–Crippen MR) is 52.5 cm³/mol. The van der Waals surface area contributed by atoms with Crippen molar-refractivity contribution in [3.05, 3.63) is 18.3 Å². The maximum atomic E-state index is 10.3. The first kappa shape index (κ1) is 10.3. The molecule has 0 spiro atoms. The maximum Gasteiger partial charge on any atom is 0.303 e. The highest BCUT2D eigenvalue weighted by atomic mass is 16.5. The Morgan fingerprint density at radius 2 is 2.44 bits per heavy atom. The second kappa shape index (κ2) is 4.13. The molecule has 16 heavy (non-hydrogen) atoms. The Hall–Kier alpha value is -2.18.